The Morgan fingerprint density at radius 1 is 1.42 bits per heavy atom. The van der Waals surface area contributed by atoms with E-state index < -0.39 is 0 Å². The van der Waals surface area contributed by atoms with Crippen molar-refractivity contribution >= 4 is 21.4 Å². The van der Waals surface area contributed by atoms with Gasteiger partial charge in [0.2, 0.25) is 0 Å². The van der Waals surface area contributed by atoms with Gasteiger partial charge in [-0.15, -0.1) is 11.3 Å². The third-order valence-corrected chi connectivity index (χ3v) is 2.89. The molecule has 0 saturated heterocycles. The molecule has 12 heavy (non-hydrogen) atoms. The smallest absolute Gasteiger partial charge is 0.101 e. The largest absolute Gasteiger partial charge is 0.192 e. The van der Waals surface area contributed by atoms with E-state index in [-0.39, 0.29) is 0 Å². The van der Waals surface area contributed by atoms with Gasteiger partial charge in [-0.3, -0.25) is 0 Å². The van der Waals surface area contributed by atoms with Crippen molar-refractivity contribution in [1.29, 1.82) is 5.26 Å². The number of nitriles is 1. The Labute approximate surface area is 74.9 Å². The lowest BCUT2D eigenvalue weighted by atomic mass is 10.2. The molecule has 0 bridgehead atoms. The van der Waals surface area contributed by atoms with Gasteiger partial charge in [0, 0.05) is 4.88 Å². The van der Waals surface area contributed by atoms with Gasteiger partial charge in [-0.25, -0.2) is 0 Å². The van der Waals surface area contributed by atoms with Gasteiger partial charge >= 0.3 is 0 Å². The van der Waals surface area contributed by atoms with Gasteiger partial charge < -0.3 is 0 Å². The molecule has 0 N–H and O–H groups in total. The predicted octanol–water partition coefficient (Wildman–Crippen LogP) is 3.08. The molecule has 0 fully saturated rings. The van der Waals surface area contributed by atoms with E-state index in [0.29, 0.717) is 0 Å². The summed E-state index contributed by atoms with van der Waals surface area (Å²) in [6, 6.07) is 10.1. The maximum absolute atomic E-state index is 8.80. The maximum Gasteiger partial charge on any atom is 0.101 e. The van der Waals surface area contributed by atoms with Crippen LogP contribution in [0.2, 0.25) is 0 Å². The minimum atomic E-state index is 0.783. The van der Waals surface area contributed by atoms with E-state index in [9.17, 15) is 0 Å². The van der Waals surface area contributed by atoms with Crippen LogP contribution in [0.3, 0.4) is 0 Å². The van der Waals surface area contributed by atoms with Crippen molar-refractivity contribution < 1.29 is 0 Å². The Bertz CT molecular complexity index is 462. The van der Waals surface area contributed by atoms with Gasteiger partial charge in [-0.2, -0.15) is 5.26 Å². The zero-order valence-corrected chi connectivity index (χ0v) is 7.48. The first-order valence-corrected chi connectivity index (χ1v) is 4.52. The van der Waals surface area contributed by atoms with Crippen molar-refractivity contribution in [2.75, 3.05) is 0 Å². The lowest BCUT2D eigenvalue weighted by Gasteiger charge is -1.89. The quantitative estimate of drug-likeness (QED) is 0.600. The molecule has 58 valence electrons. The highest BCUT2D eigenvalue weighted by Crippen LogP contribution is 2.27. The molecular formula is C10H7NS. The lowest BCUT2D eigenvalue weighted by molar-refractivity contribution is 1.51. The minimum absolute atomic E-state index is 0.783. The van der Waals surface area contributed by atoms with Crippen molar-refractivity contribution in [2.24, 2.45) is 0 Å². The fraction of sp³-hybridized carbons (Fsp3) is 0.100. The summed E-state index contributed by atoms with van der Waals surface area (Å²) in [6.45, 7) is 2.06. The van der Waals surface area contributed by atoms with Crippen LogP contribution in [0.1, 0.15) is 10.4 Å². The van der Waals surface area contributed by atoms with E-state index in [0.717, 1.165) is 10.3 Å². The second-order valence-electron chi connectivity index (χ2n) is 2.69. The van der Waals surface area contributed by atoms with Gasteiger partial charge in [0.1, 0.15) is 6.07 Å². The van der Waals surface area contributed by atoms with Gasteiger partial charge in [0.25, 0.3) is 0 Å². The molecule has 0 aliphatic rings. The lowest BCUT2D eigenvalue weighted by Crippen LogP contribution is -1.70. The van der Waals surface area contributed by atoms with Crippen molar-refractivity contribution in [3.63, 3.8) is 0 Å². The van der Waals surface area contributed by atoms with Crippen LogP contribution in [0.25, 0.3) is 10.1 Å². The van der Waals surface area contributed by atoms with E-state index >= 15 is 0 Å². The monoisotopic (exact) mass is 173 g/mol. The first-order valence-electron chi connectivity index (χ1n) is 3.70. The van der Waals surface area contributed by atoms with Gasteiger partial charge in [0.05, 0.1) is 10.3 Å². The number of rotatable bonds is 0. The van der Waals surface area contributed by atoms with Crippen molar-refractivity contribution in [3.05, 3.63) is 34.7 Å². The van der Waals surface area contributed by atoms with Crippen LogP contribution in [-0.4, -0.2) is 0 Å². The normalized spacial score (nSPS) is 10.0. The fourth-order valence-corrected chi connectivity index (χ4v) is 2.26. The Hall–Kier alpha value is -1.33. The van der Waals surface area contributed by atoms with Crippen molar-refractivity contribution in [3.8, 4) is 6.07 Å². The topological polar surface area (TPSA) is 23.8 Å². The third-order valence-electron chi connectivity index (χ3n) is 1.79. The van der Waals surface area contributed by atoms with Crippen LogP contribution in [0, 0.1) is 18.3 Å². The molecule has 2 heteroatoms. The Kier molecular flexibility index (Phi) is 1.60. The van der Waals surface area contributed by atoms with E-state index in [4.69, 9.17) is 5.26 Å². The second-order valence-corrected chi connectivity index (χ2v) is 3.95. The van der Waals surface area contributed by atoms with Crippen molar-refractivity contribution in [1.82, 2.24) is 0 Å². The molecule has 2 aromatic rings. The Morgan fingerprint density at radius 3 is 3.00 bits per heavy atom. The summed E-state index contributed by atoms with van der Waals surface area (Å²) >= 11 is 1.68. The van der Waals surface area contributed by atoms with Crippen LogP contribution in [0.4, 0.5) is 0 Å². The third kappa shape index (κ3) is 0.992. The highest BCUT2D eigenvalue weighted by molar-refractivity contribution is 7.19. The maximum atomic E-state index is 8.80. The molecule has 1 aromatic carbocycles. The average molecular weight is 173 g/mol. The van der Waals surface area contributed by atoms with Gasteiger partial charge in [-0.05, 0) is 24.4 Å². The number of thiophene rings is 1. The molecule has 0 atom stereocenters. The van der Waals surface area contributed by atoms with Gasteiger partial charge in [-0.1, -0.05) is 12.1 Å². The Morgan fingerprint density at radius 2 is 2.25 bits per heavy atom. The van der Waals surface area contributed by atoms with Crippen LogP contribution in [0.15, 0.2) is 24.3 Å². The van der Waals surface area contributed by atoms with Crippen LogP contribution < -0.4 is 0 Å². The molecule has 1 heterocycles. The molecule has 0 unspecified atom stereocenters. The molecule has 0 radical (unpaired) electrons. The predicted molar refractivity (Wildman–Crippen MR) is 51.3 cm³/mol. The highest BCUT2D eigenvalue weighted by atomic mass is 32.1. The summed E-state index contributed by atoms with van der Waals surface area (Å²) in [4.78, 5) is 1.26. The molecule has 2 rings (SSSR count). The first kappa shape index (κ1) is 7.33. The van der Waals surface area contributed by atoms with Crippen LogP contribution >= 0.6 is 11.3 Å². The molecule has 0 saturated carbocycles. The molecule has 0 aliphatic carbocycles. The Balaban J connectivity index is 2.89. The number of hydrogen-bond donors (Lipinski definition) is 0. The molecule has 0 aliphatic heterocycles. The second kappa shape index (κ2) is 2.62. The van der Waals surface area contributed by atoms with E-state index in [1.165, 1.54) is 10.3 Å². The summed E-state index contributed by atoms with van der Waals surface area (Å²) in [5, 5.41) is 9.98. The number of fused-ring (bicyclic) bond motifs is 1. The number of benzene rings is 1. The van der Waals surface area contributed by atoms with Crippen molar-refractivity contribution in [2.45, 2.75) is 6.92 Å². The number of nitrogens with zero attached hydrogens (tertiary/aromatic N) is 1. The molecule has 1 nitrogen and oxygen atoms in total. The van der Waals surface area contributed by atoms with Gasteiger partial charge in [0.15, 0.2) is 0 Å². The van der Waals surface area contributed by atoms with E-state index in [2.05, 4.69) is 19.1 Å². The molecular weight excluding hydrogens is 166 g/mol. The minimum Gasteiger partial charge on any atom is -0.192 e. The molecule has 1 aromatic heterocycles. The summed E-state index contributed by atoms with van der Waals surface area (Å²) in [6.07, 6.45) is 0. The first-order chi connectivity index (χ1) is 5.81. The van der Waals surface area contributed by atoms with E-state index in [1.807, 2.05) is 18.2 Å². The SMILES string of the molecule is Cc1cc2cccc(C#N)c2s1. The molecule has 0 amide bonds. The highest BCUT2D eigenvalue weighted by Gasteiger charge is 2.01. The average Bonchev–Trinajstić information content (AvgIpc) is 2.44. The van der Waals surface area contributed by atoms with Crippen LogP contribution in [-0.2, 0) is 0 Å². The zero-order chi connectivity index (χ0) is 8.55. The zero-order valence-electron chi connectivity index (χ0n) is 6.66. The summed E-state index contributed by atoms with van der Waals surface area (Å²) in [5.74, 6) is 0. The fourth-order valence-electron chi connectivity index (χ4n) is 1.28. The van der Waals surface area contributed by atoms with E-state index in [1.54, 1.807) is 11.3 Å². The summed E-state index contributed by atoms with van der Waals surface area (Å²) in [5.41, 5.74) is 0.783. The standard InChI is InChI=1S/C10H7NS/c1-7-5-8-3-2-4-9(6-11)10(8)12-7/h2-5H,1H3. The molecule has 0 spiro atoms. The van der Waals surface area contributed by atoms with Crippen LogP contribution in [0.5, 0.6) is 0 Å². The number of aryl methyl sites for hydroxylation is 1. The summed E-state index contributed by atoms with van der Waals surface area (Å²) in [7, 11) is 0. The number of hydrogen-bond acceptors (Lipinski definition) is 2. The summed E-state index contributed by atoms with van der Waals surface area (Å²) < 4.78 is 1.11.